The minimum atomic E-state index is -1.48. The zero-order valence-corrected chi connectivity index (χ0v) is 12.3. The van der Waals surface area contributed by atoms with Gasteiger partial charge in [0.1, 0.15) is 5.82 Å². The van der Waals surface area contributed by atoms with Crippen molar-refractivity contribution < 1.29 is 14.4 Å². The maximum Gasteiger partial charge on any atom is 0.488 e. The van der Waals surface area contributed by atoms with Crippen molar-refractivity contribution in [1.82, 2.24) is 0 Å². The summed E-state index contributed by atoms with van der Waals surface area (Å²) >= 11 is 0. The summed E-state index contributed by atoms with van der Waals surface area (Å²) in [5.41, 5.74) is 3.45. The van der Waals surface area contributed by atoms with E-state index >= 15 is 0 Å². The van der Waals surface area contributed by atoms with Crippen LogP contribution in [0, 0.1) is 5.82 Å². The average molecular weight is 307 g/mol. The van der Waals surface area contributed by atoms with Crippen LogP contribution in [0.25, 0.3) is 0 Å². The largest absolute Gasteiger partial charge is 0.488 e. The van der Waals surface area contributed by atoms with E-state index in [0.717, 1.165) is 16.9 Å². The van der Waals surface area contributed by atoms with Crippen LogP contribution in [0.2, 0.25) is 0 Å². The SMILES string of the molecule is OB(O)c1ccc2c(c1)C1C=CC=CC1N2c1ccc(F)cc1. The molecule has 0 spiro atoms. The Morgan fingerprint density at radius 1 is 0.957 bits per heavy atom. The normalized spacial score (nSPS) is 21.3. The molecule has 2 atom stereocenters. The lowest BCUT2D eigenvalue weighted by Crippen LogP contribution is -2.30. The van der Waals surface area contributed by atoms with E-state index in [0.29, 0.717) is 5.46 Å². The molecule has 114 valence electrons. The summed E-state index contributed by atoms with van der Waals surface area (Å²) in [6.45, 7) is 0. The number of rotatable bonds is 2. The van der Waals surface area contributed by atoms with Gasteiger partial charge in [0.05, 0.1) is 6.04 Å². The second kappa shape index (κ2) is 5.37. The first kappa shape index (κ1) is 14.2. The molecule has 0 saturated heterocycles. The number of hydrogen-bond acceptors (Lipinski definition) is 3. The van der Waals surface area contributed by atoms with E-state index < -0.39 is 7.12 Å². The third-order valence-corrected chi connectivity index (χ3v) is 4.48. The molecule has 2 N–H and O–H groups in total. The molecule has 0 aromatic heterocycles. The van der Waals surface area contributed by atoms with Crippen LogP contribution >= 0.6 is 0 Å². The lowest BCUT2D eigenvalue weighted by atomic mass is 9.78. The molecule has 5 heteroatoms. The van der Waals surface area contributed by atoms with Crippen LogP contribution in [0.15, 0.2) is 66.8 Å². The highest BCUT2D eigenvalue weighted by Crippen LogP contribution is 2.47. The fraction of sp³-hybridized carbons (Fsp3) is 0.111. The second-order valence-corrected chi connectivity index (χ2v) is 5.82. The van der Waals surface area contributed by atoms with Crippen molar-refractivity contribution in [2.75, 3.05) is 4.90 Å². The van der Waals surface area contributed by atoms with Gasteiger partial charge in [-0.1, -0.05) is 36.4 Å². The third kappa shape index (κ3) is 2.29. The van der Waals surface area contributed by atoms with E-state index in [4.69, 9.17) is 0 Å². The van der Waals surface area contributed by atoms with Crippen LogP contribution in [-0.2, 0) is 0 Å². The van der Waals surface area contributed by atoms with Crippen LogP contribution in [0.5, 0.6) is 0 Å². The van der Waals surface area contributed by atoms with Crippen LogP contribution in [0.4, 0.5) is 15.8 Å². The maximum absolute atomic E-state index is 13.2. The summed E-state index contributed by atoms with van der Waals surface area (Å²) < 4.78 is 13.2. The van der Waals surface area contributed by atoms with Crippen LogP contribution in [0.3, 0.4) is 0 Å². The van der Waals surface area contributed by atoms with Crippen LogP contribution in [0.1, 0.15) is 11.5 Å². The predicted octanol–water partition coefficient (Wildman–Crippen LogP) is 2.24. The average Bonchev–Trinajstić information content (AvgIpc) is 2.89. The highest BCUT2D eigenvalue weighted by atomic mass is 19.1. The highest BCUT2D eigenvalue weighted by Gasteiger charge is 2.37. The quantitative estimate of drug-likeness (QED) is 0.836. The first-order chi connectivity index (χ1) is 11.1. The van der Waals surface area contributed by atoms with Crippen LogP contribution in [-0.4, -0.2) is 23.2 Å². The van der Waals surface area contributed by atoms with Gasteiger partial charge in [0.25, 0.3) is 0 Å². The van der Waals surface area contributed by atoms with Gasteiger partial charge in [-0.05, 0) is 41.4 Å². The fourth-order valence-corrected chi connectivity index (χ4v) is 3.42. The summed E-state index contributed by atoms with van der Waals surface area (Å²) in [7, 11) is -1.48. The molecule has 23 heavy (non-hydrogen) atoms. The molecular weight excluding hydrogens is 292 g/mol. The molecule has 2 aromatic rings. The van der Waals surface area contributed by atoms with E-state index in [9.17, 15) is 14.4 Å². The van der Waals surface area contributed by atoms with Gasteiger partial charge in [0.2, 0.25) is 0 Å². The standard InChI is InChI=1S/C18H15BFNO2/c20-13-6-8-14(9-7-13)21-17-4-2-1-3-15(17)16-11-12(19(22)23)5-10-18(16)21/h1-11,15,17,22-23H. The summed E-state index contributed by atoms with van der Waals surface area (Å²) in [5.74, 6) is -0.124. The number of benzene rings is 2. The topological polar surface area (TPSA) is 43.7 Å². The van der Waals surface area contributed by atoms with Gasteiger partial charge in [-0.15, -0.1) is 0 Å². The molecule has 0 saturated carbocycles. The second-order valence-electron chi connectivity index (χ2n) is 5.82. The number of allylic oxidation sites excluding steroid dienone is 2. The zero-order valence-electron chi connectivity index (χ0n) is 12.3. The smallest absolute Gasteiger partial charge is 0.423 e. The molecule has 2 unspecified atom stereocenters. The Kier molecular flexibility index (Phi) is 3.32. The van der Waals surface area contributed by atoms with Crippen molar-refractivity contribution in [3.05, 3.63) is 78.1 Å². The highest BCUT2D eigenvalue weighted by molar-refractivity contribution is 6.58. The Morgan fingerprint density at radius 3 is 2.43 bits per heavy atom. The zero-order chi connectivity index (χ0) is 16.0. The van der Waals surface area contributed by atoms with Gasteiger partial charge >= 0.3 is 7.12 Å². The number of anilines is 2. The predicted molar refractivity (Wildman–Crippen MR) is 89.6 cm³/mol. The minimum absolute atomic E-state index is 0.103. The molecule has 2 aromatic carbocycles. The van der Waals surface area contributed by atoms with Gasteiger partial charge in [-0.25, -0.2) is 4.39 Å². The van der Waals surface area contributed by atoms with Crippen LogP contribution < -0.4 is 10.4 Å². The fourth-order valence-electron chi connectivity index (χ4n) is 3.42. The molecule has 1 aliphatic heterocycles. The third-order valence-electron chi connectivity index (χ3n) is 4.48. The van der Waals surface area contributed by atoms with Gasteiger partial charge in [0, 0.05) is 17.3 Å². The monoisotopic (exact) mass is 307 g/mol. The van der Waals surface area contributed by atoms with Crippen molar-refractivity contribution in [2.45, 2.75) is 12.0 Å². The first-order valence-corrected chi connectivity index (χ1v) is 7.55. The summed E-state index contributed by atoms with van der Waals surface area (Å²) in [6, 6.07) is 12.0. The molecule has 1 heterocycles. The van der Waals surface area contributed by atoms with Crippen molar-refractivity contribution in [1.29, 1.82) is 0 Å². The van der Waals surface area contributed by atoms with Gasteiger partial charge in [-0.2, -0.15) is 0 Å². The Labute approximate surface area is 134 Å². The molecule has 2 aliphatic rings. The first-order valence-electron chi connectivity index (χ1n) is 7.55. The molecule has 0 amide bonds. The maximum atomic E-state index is 13.2. The van der Waals surface area contributed by atoms with E-state index in [1.807, 2.05) is 24.3 Å². The molecule has 0 radical (unpaired) electrons. The van der Waals surface area contributed by atoms with Crippen molar-refractivity contribution in [2.24, 2.45) is 0 Å². The van der Waals surface area contributed by atoms with Gasteiger partial charge in [0.15, 0.2) is 0 Å². The Bertz CT molecular complexity index is 801. The van der Waals surface area contributed by atoms with Gasteiger partial charge in [-0.3, -0.25) is 0 Å². The summed E-state index contributed by atoms with van der Waals surface area (Å²) in [6.07, 6.45) is 8.23. The molecular formula is C18H15BFNO2. The van der Waals surface area contributed by atoms with Crippen molar-refractivity contribution in [3.8, 4) is 0 Å². The van der Waals surface area contributed by atoms with Crippen molar-refractivity contribution >= 4 is 24.0 Å². The number of hydrogen-bond donors (Lipinski definition) is 2. The number of halogens is 1. The lowest BCUT2D eigenvalue weighted by Gasteiger charge is -2.28. The van der Waals surface area contributed by atoms with Crippen molar-refractivity contribution in [3.63, 3.8) is 0 Å². The Morgan fingerprint density at radius 2 is 1.70 bits per heavy atom. The van der Waals surface area contributed by atoms with E-state index in [1.54, 1.807) is 18.2 Å². The Hall–Kier alpha value is -2.37. The van der Waals surface area contributed by atoms with Gasteiger partial charge < -0.3 is 14.9 Å². The van der Waals surface area contributed by atoms with E-state index in [1.165, 1.54) is 12.1 Å². The molecule has 0 bridgehead atoms. The summed E-state index contributed by atoms with van der Waals surface area (Å²) in [4.78, 5) is 2.16. The molecule has 0 fully saturated rings. The van der Waals surface area contributed by atoms with E-state index in [2.05, 4.69) is 17.1 Å². The number of fused-ring (bicyclic) bond motifs is 3. The molecule has 1 aliphatic carbocycles. The lowest BCUT2D eigenvalue weighted by molar-refractivity contribution is 0.425. The summed E-state index contributed by atoms with van der Waals surface area (Å²) in [5, 5.41) is 18.9. The number of nitrogens with zero attached hydrogens (tertiary/aromatic N) is 1. The minimum Gasteiger partial charge on any atom is -0.423 e. The molecule has 4 rings (SSSR count). The van der Waals surface area contributed by atoms with E-state index in [-0.39, 0.29) is 17.8 Å². The molecule has 3 nitrogen and oxygen atoms in total. The Balaban J connectivity index is 1.86.